The summed E-state index contributed by atoms with van der Waals surface area (Å²) in [5.41, 5.74) is 3.90. The molecule has 0 atom stereocenters. The van der Waals surface area contributed by atoms with Gasteiger partial charge in [0.2, 0.25) is 0 Å². The Morgan fingerprint density at radius 1 is 0.814 bits per heavy atom. The smallest absolute Gasteiger partial charge is 0.343 e. The number of nitrogens with one attached hydrogen (secondary N) is 2. The van der Waals surface area contributed by atoms with Gasteiger partial charge in [0.1, 0.15) is 5.75 Å². The summed E-state index contributed by atoms with van der Waals surface area (Å²) in [6.07, 6.45) is 1.41. The number of ether oxygens (including phenoxy) is 3. The molecule has 4 rings (SSSR count). The molecule has 4 aromatic rings. The van der Waals surface area contributed by atoms with Crippen LogP contribution in [0.4, 0.5) is 5.69 Å². The normalized spacial score (nSPS) is 11.1. The van der Waals surface area contributed by atoms with Crippen LogP contribution in [0, 0.1) is 0 Å². The molecule has 0 saturated carbocycles. The highest BCUT2D eigenvalue weighted by atomic mass is 35.5. The molecule has 4 aromatic carbocycles. The topological polar surface area (TPSA) is 132 Å². The van der Waals surface area contributed by atoms with Gasteiger partial charge >= 0.3 is 5.97 Å². The first kappa shape index (κ1) is 31.1. The van der Waals surface area contributed by atoms with Gasteiger partial charge in [0.15, 0.2) is 11.5 Å². The van der Waals surface area contributed by atoms with Gasteiger partial charge in [0.25, 0.3) is 15.9 Å². The van der Waals surface area contributed by atoms with E-state index in [-0.39, 0.29) is 21.9 Å². The third-order valence-corrected chi connectivity index (χ3v) is 7.42. The van der Waals surface area contributed by atoms with Crippen molar-refractivity contribution >= 4 is 45.4 Å². The molecule has 0 aliphatic rings. The number of halogens is 1. The van der Waals surface area contributed by atoms with Crippen LogP contribution in [-0.2, 0) is 10.0 Å². The summed E-state index contributed by atoms with van der Waals surface area (Å²) in [7, 11) is -3.82. The third-order valence-electron chi connectivity index (χ3n) is 5.77. The van der Waals surface area contributed by atoms with Crippen LogP contribution in [0.25, 0.3) is 0 Å². The molecule has 12 heteroatoms. The largest absolute Gasteiger partial charge is 0.494 e. The fraction of sp³-hybridized carbons (Fsp3) is 0.129. The molecular formula is C31H28ClN3O7S. The van der Waals surface area contributed by atoms with Gasteiger partial charge in [-0.25, -0.2) is 18.6 Å². The maximum Gasteiger partial charge on any atom is 0.343 e. The Bertz CT molecular complexity index is 1710. The van der Waals surface area contributed by atoms with Gasteiger partial charge in [-0.15, -0.1) is 0 Å². The van der Waals surface area contributed by atoms with E-state index in [1.165, 1.54) is 54.7 Å². The molecule has 1 amide bonds. The highest BCUT2D eigenvalue weighted by Crippen LogP contribution is 2.29. The minimum Gasteiger partial charge on any atom is -0.494 e. The molecule has 0 aliphatic heterocycles. The lowest BCUT2D eigenvalue weighted by molar-refractivity contribution is 0.0728. The first-order valence-electron chi connectivity index (χ1n) is 13.1. The molecule has 0 bridgehead atoms. The van der Waals surface area contributed by atoms with Crippen LogP contribution < -0.4 is 24.4 Å². The zero-order chi connectivity index (χ0) is 30.8. The SMILES string of the molecule is CCOc1ccc(C(=O)Oc2ccc(/C=N\NC(=O)c3ccc(NS(=O)(=O)c4ccc(Cl)cc4)cc3)cc2OCC)cc1. The fourth-order valence-electron chi connectivity index (χ4n) is 3.72. The lowest BCUT2D eigenvalue weighted by Crippen LogP contribution is -2.18. The predicted molar refractivity (Wildman–Crippen MR) is 164 cm³/mol. The number of esters is 1. The fourth-order valence-corrected chi connectivity index (χ4v) is 4.90. The number of sulfonamides is 1. The van der Waals surface area contributed by atoms with Gasteiger partial charge in [-0.3, -0.25) is 9.52 Å². The maximum absolute atomic E-state index is 12.6. The summed E-state index contributed by atoms with van der Waals surface area (Å²) in [6.45, 7) is 4.52. The average Bonchev–Trinajstić information content (AvgIpc) is 2.99. The van der Waals surface area contributed by atoms with Crippen LogP contribution in [0.2, 0.25) is 5.02 Å². The van der Waals surface area contributed by atoms with Crippen molar-refractivity contribution in [3.63, 3.8) is 0 Å². The number of amides is 1. The van der Waals surface area contributed by atoms with Gasteiger partial charge in [0.05, 0.1) is 29.9 Å². The monoisotopic (exact) mass is 621 g/mol. The second-order valence-corrected chi connectivity index (χ2v) is 10.9. The van der Waals surface area contributed by atoms with Crippen molar-refractivity contribution < 1.29 is 32.2 Å². The number of rotatable bonds is 12. The van der Waals surface area contributed by atoms with E-state index in [4.69, 9.17) is 25.8 Å². The molecule has 0 heterocycles. The molecule has 0 aliphatic carbocycles. The Hall–Kier alpha value is -4.87. The van der Waals surface area contributed by atoms with Crippen molar-refractivity contribution in [3.8, 4) is 17.2 Å². The number of hydrazone groups is 1. The lowest BCUT2D eigenvalue weighted by Gasteiger charge is -2.11. The zero-order valence-electron chi connectivity index (χ0n) is 23.2. The molecule has 0 aromatic heterocycles. The Labute approximate surface area is 254 Å². The summed E-state index contributed by atoms with van der Waals surface area (Å²) in [5, 5.41) is 4.41. The van der Waals surface area contributed by atoms with E-state index in [2.05, 4.69) is 15.2 Å². The van der Waals surface area contributed by atoms with Crippen molar-refractivity contribution in [2.75, 3.05) is 17.9 Å². The lowest BCUT2D eigenvalue weighted by atomic mass is 10.2. The van der Waals surface area contributed by atoms with Crippen LogP contribution in [0.5, 0.6) is 17.2 Å². The predicted octanol–water partition coefficient (Wildman–Crippen LogP) is 5.92. The summed E-state index contributed by atoms with van der Waals surface area (Å²) >= 11 is 5.82. The van der Waals surface area contributed by atoms with Crippen molar-refractivity contribution in [3.05, 3.63) is 113 Å². The Kier molecular flexibility index (Phi) is 10.4. The standard InChI is InChI=1S/C31H28ClN3O7S/c1-3-40-26-14-8-23(9-15-26)31(37)42-28-18-5-21(19-29(28)41-4-2)20-33-34-30(36)22-6-12-25(13-7-22)35-43(38,39)27-16-10-24(32)11-17-27/h5-20,35H,3-4H2,1-2H3,(H,34,36)/b33-20-. The molecule has 43 heavy (non-hydrogen) atoms. The molecule has 10 nitrogen and oxygen atoms in total. The summed E-state index contributed by atoms with van der Waals surface area (Å²) in [5.74, 6) is 0.151. The molecule has 222 valence electrons. The van der Waals surface area contributed by atoms with E-state index in [1.807, 2.05) is 6.92 Å². The van der Waals surface area contributed by atoms with E-state index in [1.54, 1.807) is 49.4 Å². The van der Waals surface area contributed by atoms with Crippen LogP contribution >= 0.6 is 11.6 Å². The van der Waals surface area contributed by atoms with Crippen LogP contribution in [-0.4, -0.2) is 39.7 Å². The first-order chi connectivity index (χ1) is 20.7. The minimum atomic E-state index is -3.82. The van der Waals surface area contributed by atoms with E-state index in [0.717, 1.165) is 0 Å². The zero-order valence-corrected chi connectivity index (χ0v) is 24.8. The number of hydrogen-bond donors (Lipinski definition) is 2. The average molecular weight is 622 g/mol. The molecule has 2 N–H and O–H groups in total. The highest BCUT2D eigenvalue weighted by Gasteiger charge is 2.15. The molecule has 0 spiro atoms. The van der Waals surface area contributed by atoms with E-state index < -0.39 is 21.9 Å². The van der Waals surface area contributed by atoms with Crippen LogP contribution in [0.1, 0.15) is 40.1 Å². The Balaban J connectivity index is 1.36. The van der Waals surface area contributed by atoms with Gasteiger partial charge in [-0.05, 0) is 110 Å². The number of anilines is 1. The molecule has 0 unspecified atom stereocenters. The first-order valence-corrected chi connectivity index (χ1v) is 15.0. The quantitative estimate of drug-likeness (QED) is 0.0868. The van der Waals surface area contributed by atoms with E-state index in [0.29, 0.717) is 40.9 Å². The Morgan fingerprint density at radius 3 is 2.12 bits per heavy atom. The van der Waals surface area contributed by atoms with Gasteiger partial charge in [-0.2, -0.15) is 5.10 Å². The van der Waals surface area contributed by atoms with Gasteiger partial charge in [-0.1, -0.05) is 11.6 Å². The molecule has 0 radical (unpaired) electrons. The van der Waals surface area contributed by atoms with Crippen molar-refractivity contribution in [1.29, 1.82) is 0 Å². The van der Waals surface area contributed by atoms with Crippen LogP contribution in [0.15, 0.2) is 101 Å². The van der Waals surface area contributed by atoms with Gasteiger partial charge < -0.3 is 14.2 Å². The Morgan fingerprint density at radius 2 is 1.47 bits per heavy atom. The summed E-state index contributed by atoms with van der Waals surface area (Å²) < 4.78 is 44.1. The number of benzene rings is 4. The summed E-state index contributed by atoms with van der Waals surface area (Å²) in [6, 6.07) is 23.1. The number of hydrogen-bond acceptors (Lipinski definition) is 8. The van der Waals surface area contributed by atoms with Gasteiger partial charge in [0, 0.05) is 16.3 Å². The number of carbonyl (C=O) groups excluding carboxylic acids is 2. The minimum absolute atomic E-state index is 0.0550. The van der Waals surface area contributed by atoms with E-state index >= 15 is 0 Å². The molecule has 0 fully saturated rings. The highest BCUT2D eigenvalue weighted by molar-refractivity contribution is 7.92. The van der Waals surface area contributed by atoms with Crippen molar-refractivity contribution in [2.45, 2.75) is 18.7 Å². The van der Waals surface area contributed by atoms with Crippen molar-refractivity contribution in [1.82, 2.24) is 5.43 Å². The second kappa shape index (κ2) is 14.3. The molecular weight excluding hydrogens is 594 g/mol. The number of carbonyl (C=O) groups is 2. The number of nitrogens with zero attached hydrogens (tertiary/aromatic N) is 1. The second-order valence-electron chi connectivity index (χ2n) is 8.82. The maximum atomic E-state index is 12.6. The van der Waals surface area contributed by atoms with Crippen LogP contribution in [0.3, 0.4) is 0 Å². The van der Waals surface area contributed by atoms with Crippen molar-refractivity contribution in [2.24, 2.45) is 5.10 Å². The van der Waals surface area contributed by atoms with E-state index in [9.17, 15) is 18.0 Å². The summed E-state index contributed by atoms with van der Waals surface area (Å²) in [4.78, 5) is 25.3. The third kappa shape index (κ3) is 8.57. The molecule has 0 saturated heterocycles.